The number of likely N-dealkylation sites (tertiary alicyclic amines) is 1. The third-order valence-corrected chi connectivity index (χ3v) is 5.08. The van der Waals surface area contributed by atoms with E-state index in [4.69, 9.17) is 4.74 Å². The van der Waals surface area contributed by atoms with Crippen molar-refractivity contribution in [3.63, 3.8) is 0 Å². The summed E-state index contributed by atoms with van der Waals surface area (Å²) in [5, 5.41) is 0. The van der Waals surface area contributed by atoms with Crippen molar-refractivity contribution < 1.29 is 4.74 Å². The molecule has 2 nitrogen and oxygen atoms in total. The Bertz CT molecular complexity index is 472. The lowest BCUT2D eigenvalue weighted by Gasteiger charge is -2.44. The van der Waals surface area contributed by atoms with E-state index in [2.05, 4.69) is 36.9 Å². The van der Waals surface area contributed by atoms with Gasteiger partial charge in [0.15, 0.2) is 0 Å². The Labute approximate surface area is 135 Å². The molecule has 1 saturated heterocycles. The summed E-state index contributed by atoms with van der Waals surface area (Å²) < 4.78 is 5.57. The van der Waals surface area contributed by atoms with Crippen LogP contribution in [0.15, 0.2) is 18.2 Å². The third-order valence-electron chi connectivity index (χ3n) is 5.08. The van der Waals surface area contributed by atoms with Crippen LogP contribution >= 0.6 is 12.4 Å². The number of rotatable bonds is 2. The van der Waals surface area contributed by atoms with Gasteiger partial charge in [-0.1, -0.05) is 26.0 Å². The van der Waals surface area contributed by atoms with E-state index in [-0.39, 0.29) is 12.4 Å². The first-order chi connectivity index (χ1) is 9.59. The predicted octanol–water partition coefficient (Wildman–Crippen LogP) is 4.10. The number of hydrogen-bond donors (Lipinski definition) is 0. The number of hydrogen-bond acceptors (Lipinski definition) is 2. The van der Waals surface area contributed by atoms with Crippen LogP contribution in [0.5, 0.6) is 5.75 Å². The van der Waals surface area contributed by atoms with E-state index >= 15 is 0 Å². The zero-order valence-corrected chi connectivity index (χ0v) is 14.3. The Morgan fingerprint density at radius 2 is 2.10 bits per heavy atom. The van der Waals surface area contributed by atoms with Crippen LogP contribution in [0.1, 0.15) is 44.2 Å². The van der Waals surface area contributed by atoms with Gasteiger partial charge in [-0.3, -0.25) is 4.90 Å². The Morgan fingerprint density at radius 1 is 1.29 bits per heavy atom. The average molecular weight is 310 g/mol. The Balaban J connectivity index is 0.00000161. The minimum absolute atomic E-state index is 0. The van der Waals surface area contributed by atoms with Gasteiger partial charge < -0.3 is 4.74 Å². The Morgan fingerprint density at radius 3 is 2.81 bits per heavy atom. The quantitative estimate of drug-likeness (QED) is 0.815. The van der Waals surface area contributed by atoms with E-state index in [1.165, 1.54) is 49.9 Å². The lowest BCUT2D eigenvalue weighted by molar-refractivity contribution is 0.0715. The van der Waals surface area contributed by atoms with Crippen LogP contribution in [0.3, 0.4) is 0 Å². The topological polar surface area (TPSA) is 12.5 Å². The van der Waals surface area contributed by atoms with E-state index in [9.17, 15) is 0 Å². The van der Waals surface area contributed by atoms with Gasteiger partial charge in [0.2, 0.25) is 0 Å². The second-order valence-corrected chi connectivity index (χ2v) is 7.23. The maximum absolute atomic E-state index is 5.57. The first kappa shape index (κ1) is 16.6. The van der Waals surface area contributed by atoms with Crippen molar-refractivity contribution in [1.82, 2.24) is 4.90 Å². The smallest absolute Gasteiger partial charge is 0.122 e. The molecule has 3 rings (SSSR count). The number of nitrogens with zero attached hydrogens (tertiary/aromatic N) is 1. The summed E-state index contributed by atoms with van der Waals surface area (Å²) in [7, 11) is 1.79. The number of halogens is 1. The largest absolute Gasteiger partial charge is 0.496 e. The van der Waals surface area contributed by atoms with Crippen molar-refractivity contribution in [1.29, 1.82) is 0 Å². The van der Waals surface area contributed by atoms with Crippen molar-refractivity contribution in [2.45, 2.75) is 52.0 Å². The predicted molar refractivity (Wildman–Crippen MR) is 90.6 cm³/mol. The number of piperidine rings is 1. The van der Waals surface area contributed by atoms with Crippen LogP contribution in [-0.4, -0.2) is 31.1 Å². The number of aryl methyl sites for hydroxylation is 1. The summed E-state index contributed by atoms with van der Waals surface area (Å²) in [6, 6.07) is 7.22. The zero-order chi connectivity index (χ0) is 14.2. The maximum atomic E-state index is 5.57. The summed E-state index contributed by atoms with van der Waals surface area (Å²) in [5.74, 6) is 1.09. The van der Waals surface area contributed by atoms with Crippen LogP contribution in [-0.2, 0) is 12.8 Å². The highest BCUT2D eigenvalue weighted by molar-refractivity contribution is 5.85. The summed E-state index contributed by atoms with van der Waals surface area (Å²) in [6.45, 7) is 7.35. The van der Waals surface area contributed by atoms with Gasteiger partial charge in [0.25, 0.3) is 0 Å². The van der Waals surface area contributed by atoms with Gasteiger partial charge in [0.1, 0.15) is 5.75 Å². The standard InChI is InChI=1S/C18H27NO.ClH/c1-18(2)10-5-11-19(13-18)15-9-8-14-6-4-7-17(20-3)16(14)12-15;/h4,6-7,15H,5,8-13H2,1-3H3;1H. The summed E-state index contributed by atoms with van der Waals surface area (Å²) in [6.07, 6.45) is 6.39. The van der Waals surface area contributed by atoms with Crippen LogP contribution in [0.25, 0.3) is 0 Å². The maximum Gasteiger partial charge on any atom is 0.122 e. The normalized spacial score (nSPS) is 24.8. The molecule has 2 aliphatic rings. The van der Waals surface area contributed by atoms with E-state index in [0.717, 1.165) is 12.2 Å². The second-order valence-electron chi connectivity index (χ2n) is 7.23. The summed E-state index contributed by atoms with van der Waals surface area (Å²) >= 11 is 0. The molecule has 0 aromatic heterocycles. The van der Waals surface area contributed by atoms with Crippen LogP contribution in [0, 0.1) is 5.41 Å². The molecule has 0 bridgehead atoms. The zero-order valence-electron chi connectivity index (χ0n) is 13.5. The van der Waals surface area contributed by atoms with E-state index in [1.807, 2.05) is 0 Å². The van der Waals surface area contributed by atoms with Crippen molar-refractivity contribution in [3.05, 3.63) is 29.3 Å². The molecule has 118 valence electrons. The van der Waals surface area contributed by atoms with Gasteiger partial charge in [-0.05, 0) is 61.3 Å². The van der Waals surface area contributed by atoms with E-state index < -0.39 is 0 Å². The molecule has 1 aromatic carbocycles. The van der Waals surface area contributed by atoms with Gasteiger partial charge in [0, 0.05) is 12.6 Å². The van der Waals surface area contributed by atoms with Crippen molar-refractivity contribution in [3.8, 4) is 5.75 Å². The molecule has 1 atom stereocenters. The molecular weight excluding hydrogens is 282 g/mol. The highest BCUT2D eigenvalue weighted by Crippen LogP contribution is 2.35. The first-order valence-corrected chi connectivity index (χ1v) is 7.98. The molecule has 1 fully saturated rings. The molecule has 0 radical (unpaired) electrons. The van der Waals surface area contributed by atoms with E-state index in [0.29, 0.717) is 11.5 Å². The Hall–Kier alpha value is -0.730. The SMILES string of the molecule is COc1cccc2c1CC(N1CCCC(C)(C)C1)CC2.Cl. The minimum atomic E-state index is 0. The van der Waals surface area contributed by atoms with Crippen molar-refractivity contribution >= 4 is 12.4 Å². The van der Waals surface area contributed by atoms with Crippen LogP contribution in [0.4, 0.5) is 0 Å². The molecular formula is C18H28ClNO. The highest BCUT2D eigenvalue weighted by atomic mass is 35.5. The van der Waals surface area contributed by atoms with E-state index in [1.54, 1.807) is 7.11 Å². The minimum Gasteiger partial charge on any atom is -0.496 e. The number of benzene rings is 1. The fraction of sp³-hybridized carbons (Fsp3) is 0.667. The molecule has 1 unspecified atom stereocenters. The molecule has 1 aromatic rings. The fourth-order valence-electron chi connectivity index (χ4n) is 4.02. The third kappa shape index (κ3) is 3.54. The van der Waals surface area contributed by atoms with Crippen LogP contribution < -0.4 is 4.74 Å². The molecule has 1 aliphatic heterocycles. The fourth-order valence-corrected chi connectivity index (χ4v) is 4.02. The number of ether oxygens (including phenoxy) is 1. The van der Waals surface area contributed by atoms with Gasteiger partial charge in [-0.25, -0.2) is 0 Å². The monoisotopic (exact) mass is 309 g/mol. The van der Waals surface area contributed by atoms with Gasteiger partial charge in [0.05, 0.1) is 7.11 Å². The number of fused-ring (bicyclic) bond motifs is 1. The first-order valence-electron chi connectivity index (χ1n) is 7.98. The van der Waals surface area contributed by atoms with Gasteiger partial charge >= 0.3 is 0 Å². The average Bonchev–Trinajstić information content (AvgIpc) is 2.45. The molecule has 0 amide bonds. The molecule has 0 saturated carbocycles. The van der Waals surface area contributed by atoms with Gasteiger partial charge in [-0.15, -0.1) is 12.4 Å². The lowest BCUT2D eigenvalue weighted by Crippen LogP contribution is -2.47. The molecule has 1 aliphatic carbocycles. The molecule has 3 heteroatoms. The highest BCUT2D eigenvalue weighted by Gasteiger charge is 2.32. The second kappa shape index (κ2) is 6.58. The number of methoxy groups -OCH3 is 1. The van der Waals surface area contributed by atoms with Crippen molar-refractivity contribution in [2.24, 2.45) is 5.41 Å². The van der Waals surface area contributed by atoms with Crippen LogP contribution in [0.2, 0.25) is 0 Å². The molecule has 0 N–H and O–H groups in total. The lowest BCUT2D eigenvalue weighted by atomic mass is 9.81. The Kier molecular flexibility index (Phi) is 5.21. The summed E-state index contributed by atoms with van der Waals surface area (Å²) in [5.41, 5.74) is 3.44. The molecule has 21 heavy (non-hydrogen) atoms. The van der Waals surface area contributed by atoms with Crippen molar-refractivity contribution in [2.75, 3.05) is 20.2 Å². The van der Waals surface area contributed by atoms with Gasteiger partial charge in [-0.2, -0.15) is 0 Å². The molecule has 0 spiro atoms. The molecule has 1 heterocycles. The summed E-state index contributed by atoms with van der Waals surface area (Å²) in [4.78, 5) is 2.74.